The van der Waals surface area contributed by atoms with Crippen molar-refractivity contribution in [2.75, 3.05) is 19.8 Å². The number of nitro groups is 1. The second-order valence-electron chi connectivity index (χ2n) is 4.82. The summed E-state index contributed by atoms with van der Waals surface area (Å²) in [6.07, 6.45) is 1.91. The van der Waals surface area contributed by atoms with Crippen LogP contribution in [0.4, 0.5) is 5.69 Å². The average Bonchev–Trinajstić information content (AvgIpc) is 3.04. The number of non-ortho nitro benzene ring substituents is 1. The summed E-state index contributed by atoms with van der Waals surface area (Å²) in [4.78, 5) is 33.2. The van der Waals surface area contributed by atoms with Crippen LogP contribution in [0.15, 0.2) is 24.3 Å². The number of carbonyl (C=O) groups is 2. The molecule has 0 saturated carbocycles. The first-order chi connectivity index (χ1) is 10.6. The third-order valence-electron chi connectivity index (χ3n) is 3.20. The summed E-state index contributed by atoms with van der Waals surface area (Å²) in [5.41, 5.74) is 0.0309. The maximum atomic E-state index is 11.7. The zero-order chi connectivity index (χ0) is 15.9. The van der Waals surface area contributed by atoms with Crippen molar-refractivity contribution in [3.05, 3.63) is 39.9 Å². The van der Waals surface area contributed by atoms with Gasteiger partial charge in [-0.05, 0) is 25.0 Å². The van der Waals surface area contributed by atoms with Crippen LogP contribution in [-0.4, -0.2) is 42.7 Å². The van der Waals surface area contributed by atoms with Crippen LogP contribution < -0.4 is 5.32 Å². The van der Waals surface area contributed by atoms with Gasteiger partial charge in [0.2, 0.25) is 0 Å². The molecule has 0 aromatic heterocycles. The van der Waals surface area contributed by atoms with Crippen molar-refractivity contribution in [1.29, 1.82) is 0 Å². The molecule has 0 bridgehead atoms. The third-order valence-corrected chi connectivity index (χ3v) is 3.20. The van der Waals surface area contributed by atoms with Crippen LogP contribution in [0.5, 0.6) is 0 Å². The number of nitrogens with one attached hydrogen (secondary N) is 1. The highest BCUT2D eigenvalue weighted by Crippen LogP contribution is 2.13. The Morgan fingerprint density at radius 3 is 2.68 bits per heavy atom. The molecule has 118 valence electrons. The van der Waals surface area contributed by atoms with E-state index in [1.807, 2.05) is 0 Å². The van der Waals surface area contributed by atoms with Gasteiger partial charge in [0, 0.05) is 25.3 Å². The van der Waals surface area contributed by atoms with E-state index in [2.05, 4.69) is 5.32 Å². The van der Waals surface area contributed by atoms with Gasteiger partial charge in [-0.15, -0.1) is 0 Å². The van der Waals surface area contributed by atoms with E-state index < -0.39 is 23.4 Å². The smallest absolute Gasteiger partial charge is 0.338 e. The first kappa shape index (κ1) is 15.9. The Hall–Kier alpha value is -2.48. The molecule has 1 N–H and O–H groups in total. The fourth-order valence-corrected chi connectivity index (χ4v) is 2.02. The Morgan fingerprint density at radius 2 is 2.09 bits per heavy atom. The Morgan fingerprint density at radius 1 is 1.36 bits per heavy atom. The SMILES string of the molecule is O=C(COC(=O)c1ccc([N+](=O)[O-])cc1)NC[C@@H]1CCCO1. The lowest BCUT2D eigenvalue weighted by Crippen LogP contribution is -2.34. The van der Waals surface area contributed by atoms with Gasteiger partial charge < -0.3 is 14.8 Å². The topological polar surface area (TPSA) is 108 Å². The molecular formula is C14H16N2O6. The second-order valence-corrected chi connectivity index (χ2v) is 4.82. The van der Waals surface area contributed by atoms with Gasteiger partial charge in [0.15, 0.2) is 6.61 Å². The Bertz CT molecular complexity index is 551. The van der Waals surface area contributed by atoms with Gasteiger partial charge in [0.05, 0.1) is 16.6 Å². The fourth-order valence-electron chi connectivity index (χ4n) is 2.02. The predicted molar refractivity (Wildman–Crippen MR) is 75.4 cm³/mol. The van der Waals surface area contributed by atoms with Crippen molar-refractivity contribution in [2.24, 2.45) is 0 Å². The molecule has 8 nitrogen and oxygen atoms in total. The minimum atomic E-state index is -0.706. The standard InChI is InChI=1S/C14H16N2O6/c17-13(15-8-12-2-1-7-21-12)9-22-14(18)10-3-5-11(6-4-10)16(19)20/h3-6,12H,1-2,7-9H2,(H,15,17)/t12-/m0/s1. The van der Waals surface area contributed by atoms with Gasteiger partial charge in [-0.25, -0.2) is 4.79 Å². The molecule has 1 aliphatic rings. The van der Waals surface area contributed by atoms with E-state index in [1.165, 1.54) is 24.3 Å². The first-order valence-electron chi connectivity index (χ1n) is 6.86. The van der Waals surface area contributed by atoms with Crippen LogP contribution in [0.1, 0.15) is 23.2 Å². The van der Waals surface area contributed by atoms with E-state index in [0.29, 0.717) is 13.2 Å². The van der Waals surface area contributed by atoms with Crippen molar-refractivity contribution < 1.29 is 24.0 Å². The molecule has 1 atom stereocenters. The number of nitrogens with zero attached hydrogens (tertiary/aromatic N) is 1. The van der Waals surface area contributed by atoms with Crippen LogP contribution in [0.2, 0.25) is 0 Å². The van der Waals surface area contributed by atoms with E-state index >= 15 is 0 Å². The summed E-state index contributed by atoms with van der Waals surface area (Å²) in [6.45, 7) is 0.701. The molecule has 1 fully saturated rings. The second kappa shape index (κ2) is 7.51. The number of amides is 1. The van der Waals surface area contributed by atoms with E-state index in [0.717, 1.165) is 12.8 Å². The van der Waals surface area contributed by atoms with Gasteiger partial charge in [-0.1, -0.05) is 0 Å². The molecule has 0 radical (unpaired) electrons. The van der Waals surface area contributed by atoms with Gasteiger partial charge in [0.1, 0.15) is 0 Å². The van der Waals surface area contributed by atoms with Crippen LogP contribution in [0.25, 0.3) is 0 Å². The Balaban J connectivity index is 1.74. The van der Waals surface area contributed by atoms with Gasteiger partial charge in [-0.3, -0.25) is 14.9 Å². The normalized spacial score (nSPS) is 17.0. The largest absolute Gasteiger partial charge is 0.452 e. The summed E-state index contributed by atoms with van der Waals surface area (Å²) >= 11 is 0. The molecule has 2 rings (SSSR count). The van der Waals surface area contributed by atoms with Gasteiger partial charge in [0.25, 0.3) is 11.6 Å². The Kier molecular flexibility index (Phi) is 5.42. The minimum Gasteiger partial charge on any atom is -0.452 e. The van der Waals surface area contributed by atoms with Crippen LogP contribution >= 0.6 is 0 Å². The molecular weight excluding hydrogens is 292 g/mol. The summed E-state index contributed by atoms with van der Waals surface area (Å²) in [6, 6.07) is 4.97. The number of ether oxygens (including phenoxy) is 2. The van der Waals surface area contributed by atoms with Crippen LogP contribution in [0, 0.1) is 10.1 Å². The maximum Gasteiger partial charge on any atom is 0.338 e. The summed E-state index contributed by atoms with van der Waals surface area (Å²) < 4.78 is 10.2. The fraction of sp³-hybridized carbons (Fsp3) is 0.429. The molecule has 1 saturated heterocycles. The van der Waals surface area contributed by atoms with E-state index in [1.54, 1.807) is 0 Å². The number of esters is 1. The molecule has 1 aromatic rings. The maximum absolute atomic E-state index is 11.7. The van der Waals surface area contributed by atoms with E-state index in [-0.39, 0.29) is 17.4 Å². The third kappa shape index (κ3) is 4.52. The van der Waals surface area contributed by atoms with E-state index in [9.17, 15) is 19.7 Å². The first-order valence-corrected chi connectivity index (χ1v) is 6.86. The van der Waals surface area contributed by atoms with Gasteiger partial charge >= 0.3 is 5.97 Å². The molecule has 0 spiro atoms. The van der Waals surface area contributed by atoms with Gasteiger partial charge in [-0.2, -0.15) is 0 Å². The van der Waals surface area contributed by atoms with Crippen molar-refractivity contribution in [3.63, 3.8) is 0 Å². The number of benzene rings is 1. The van der Waals surface area contributed by atoms with E-state index in [4.69, 9.17) is 9.47 Å². The predicted octanol–water partition coefficient (Wildman–Crippen LogP) is 1.05. The zero-order valence-corrected chi connectivity index (χ0v) is 11.8. The number of carbonyl (C=O) groups excluding carboxylic acids is 2. The van der Waals surface area contributed by atoms with Crippen molar-refractivity contribution in [3.8, 4) is 0 Å². The quantitative estimate of drug-likeness (QED) is 0.478. The van der Waals surface area contributed by atoms with Crippen molar-refractivity contribution >= 4 is 17.6 Å². The van der Waals surface area contributed by atoms with Crippen LogP contribution in [-0.2, 0) is 14.3 Å². The molecule has 1 heterocycles. The van der Waals surface area contributed by atoms with Crippen molar-refractivity contribution in [1.82, 2.24) is 5.32 Å². The highest BCUT2D eigenvalue weighted by atomic mass is 16.6. The molecule has 22 heavy (non-hydrogen) atoms. The van der Waals surface area contributed by atoms with Crippen LogP contribution in [0.3, 0.4) is 0 Å². The monoisotopic (exact) mass is 308 g/mol. The highest BCUT2D eigenvalue weighted by Gasteiger charge is 2.17. The zero-order valence-electron chi connectivity index (χ0n) is 11.8. The molecule has 1 aliphatic heterocycles. The summed E-state index contributed by atoms with van der Waals surface area (Å²) in [5.74, 6) is -1.12. The number of hydrogen-bond donors (Lipinski definition) is 1. The number of hydrogen-bond acceptors (Lipinski definition) is 6. The van der Waals surface area contributed by atoms with Crippen molar-refractivity contribution in [2.45, 2.75) is 18.9 Å². The molecule has 0 aliphatic carbocycles. The number of nitro benzene ring substituents is 1. The number of rotatable bonds is 6. The summed E-state index contributed by atoms with van der Waals surface area (Å²) in [7, 11) is 0. The summed E-state index contributed by atoms with van der Waals surface area (Å²) in [5, 5.41) is 13.1. The molecule has 1 aromatic carbocycles. The lowest BCUT2D eigenvalue weighted by atomic mass is 10.2. The Labute approximate surface area is 126 Å². The molecule has 1 amide bonds. The molecule has 8 heteroatoms. The lowest BCUT2D eigenvalue weighted by Gasteiger charge is -2.10. The lowest BCUT2D eigenvalue weighted by molar-refractivity contribution is -0.384. The average molecular weight is 308 g/mol. The molecule has 0 unspecified atom stereocenters. The minimum absolute atomic E-state index is 0.0225. The highest BCUT2D eigenvalue weighted by molar-refractivity contribution is 5.91.